The summed E-state index contributed by atoms with van der Waals surface area (Å²) in [6.07, 6.45) is 2.71. The van der Waals surface area contributed by atoms with Crippen molar-refractivity contribution in [3.05, 3.63) is 29.8 Å². The van der Waals surface area contributed by atoms with Gasteiger partial charge in [-0.3, -0.25) is 9.59 Å². The lowest BCUT2D eigenvalue weighted by molar-refractivity contribution is -0.140. The zero-order chi connectivity index (χ0) is 20.0. The topological polar surface area (TPSA) is 58.6 Å². The summed E-state index contributed by atoms with van der Waals surface area (Å²) >= 11 is 0. The molecule has 1 aromatic carbocycles. The smallest absolute Gasteiger partial charge is 0.242 e. The minimum Gasteiger partial charge on any atom is -0.493 e. The summed E-state index contributed by atoms with van der Waals surface area (Å²) in [7, 11) is 0. The zero-order valence-electron chi connectivity index (χ0n) is 17.4. The maximum atomic E-state index is 12.7. The van der Waals surface area contributed by atoms with E-state index in [1.165, 1.54) is 0 Å². The van der Waals surface area contributed by atoms with Crippen LogP contribution in [-0.2, 0) is 15.0 Å². The highest BCUT2D eigenvalue weighted by atomic mass is 16.5. The van der Waals surface area contributed by atoms with E-state index in [4.69, 9.17) is 4.74 Å². The van der Waals surface area contributed by atoms with E-state index in [-0.39, 0.29) is 23.3 Å². The second-order valence-corrected chi connectivity index (χ2v) is 8.55. The van der Waals surface area contributed by atoms with Crippen LogP contribution in [-0.4, -0.2) is 42.5 Å². The number of carbonyl (C=O) groups is 2. The van der Waals surface area contributed by atoms with Gasteiger partial charge in [-0.1, -0.05) is 39.8 Å². The highest BCUT2D eigenvalue weighted by molar-refractivity contribution is 5.87. The summed E-state index contributed by atoms with van der Waals surface area (Å²) in [5.74, 6) is 1.29. The second-order valence-electron chi connectivity index (χ2n) is 8.55. The van der Waals surface area contributed by atoms with Crippen LogP contribution in [0.15, 0.2) is 24.3 Å². The number of likely N-dealkylation sites (tertiary alicyclic amines) is 1. The first-order valence-corrected chi connectivity index (χ1v) is 9.99. The Morgan fingerprint density at radius 3 is 2.48 bits per heavy atom. The predicted octanol–water partition coefficient (Wildman–Crippen LogP) is 3.52. The van der Waals surface area contributed by atoms with Crippen molar-refractivity contribution in [2.75, 3.05) is 19.7 Å². The van der Waals surface area contributed by atoms with E-state index in [2.05, 4.69) is 45.1 Å². The summed E-state index contributed by atoms with van der Waals surface area (Å²) in [4.78, 5) is 26.2. The van der Waals surface area contributed by atoms with Gasteiger partial charge >= 0.3 is 0 Å². The average molecular weight is 375 g/mol. The van der Waals surface area contributed by atoms with E-state index < -0.39 is 0 Å². The fourth-order valence-electron chi connectivity index (χ4n) is 3.37. The van der Waals surface area contributed by atoms with Crippen molar-refractivity contribution >= 4 is 11.8 Å². The number of hydrogen-bond donors (Lipinski definition) is 1. The summed E-state index contributed by atoms with van der Waals surface area (Å²) < 4.78 is 5.74. The molecule has 150 valence electrons. The lowest BCUT2D eigenvalue weighted by atomic mass is 9.84. The molecular weight excluding hydrogens is 340 g/mol. The van der Waals surface area contributed by atoms with Gasteiger partial charge < -0.3 is 15.0 Å². The lowest BCUT2D eigenvalue weighted by Gasteiger charge is -2.35. The Balaban J connectivity index is 1.95. The number of benzene rings is 1. The number of hydrogen-bond acceptors (Lipinski definition) is 3. The van der Waals surface area contributed by atoms with Crippen LogP contribution in [0, 0.1) is 5.92 Å². The molecule has 0 aliphatic carbocycles. The molecule has 0 saturated carbocycles. The molecule has 1 aliphatic heterocycles. The summed E-state index contributed by atoms with van der Waals surface area (Å²) in [6, 6.07) is 7.76. The number of carbonyl (C=O) groups excluding carboxylic acids is 2. The number of nitrogens with zero attached hydrogens (tertiary/aromatic N) is 1. The van der Waals surface area contributed by atoms with Crippen LogP contribution >= 0.6 is 0 Å². The molecule has 27 heavy (non-hydrogen) atoms. The van der Waals surface area contributed by atoms with Crippen molar-refractivity contribution < 1.29 is 14.3 Å². The monoisotopic (exact) mass is 374 g/mol. The van der Waals surface area contributed by atoms with Gasteiger partial charge in [0.2, 0.25) is 11.8 Å². The SMILES string of the molecule is CC(=O)N1CCCCC1C(=O)NCC(C)(C)c1ccc(OCC(C)C)cc1. The van der Waals surface area contributed by atoms with E-state index in [0.717, 1.165) is 30.6 Å². The van der Waals surface area contributed by atoms with Crippen LogP contribution in [0.4, 0.5) is 0 Å². The van der Waals surface area contributed by atoms with Crippen molar-refractivity contribution in [3.63, 3.8) is 0 Å². The Kier molecular flexibility index (Phi) is 7.28. The molecular formula is C22H34N2O3. The maximum Gasteiger partial charge on any atom is 0.242 e. The predicted molar refractivity (Wildman–Crippen MR) is 108 cm³/mol. The third kappa shape index (κ3) is 5.98. The fraction of sp³-hybridized carbons (Fsp3) is 0.636. The minimum absolute atomic E-state index is 0.0221. The van der Waals surface area contributed by atoms with Gasteiger partial charge in [0.1, 0.15) is 11.8 Å². The molecule has 1 N–H and O–H groups in total. The molecule has 0 aromatic heterocycles. The summed E-state index contributed by atoms with van der Waals surface area (Å²) in [6.45, 7) is 11.9. The Morgan fingerprint density at radius 2 is 1.89 bits per heavy atom. The van der Waals surface area contributed by atoms with Crippen LogP contribution in [0.3, 0.4) is 0 Å². The van der Waals surface area contributed by atoms with Crippen LogP contribution in [0.25, 0.3) is 0 Å². The van der Waals surface area contributed by atoms with Crippen molar-refractivity contribution in [1.82, 2.24) is 10.2 Å². The third-order valence-corrected chi connectivity index (χ3v) is 5.13. The summed E-state index contributed by atoms with van der Waals surface area (Å²) in [5, 5.41) is 3.07. The van der Waals surface area contributed by atoms with Crippen LogP contribution in [0.5, 0.6) is 5.75 Å². The lowest BCUT2D eigenvalue weighted by Crippen LogP contribution is -2.52. The van der Waals surface area contributed by atoms with E-state index in [9.17, 15) is 9.59 Å². The van der Waals surface area contributed by atoms with E-state index >= 15 is 0 Å². The average Bonchev–Trinajstić information content (AvgIpc) is 2.64. The second kappa shape index (κ2) is 9.25. The molecule has 0 radical (unpaired) electrons. The molecule has 1 unspecified atom stereocenters. The van der Waals surface area contributed by atoms with Crippen LogP contribution in [0.2, 0.25) is 0 Å². The fourth-order valence-corrected chi connectivity index (χ4v) is 3.37. The van der Waals surface area contributed by atoms with Gasteiger partial charge in [-0.05, 0) is 42.9 Å². The molecule has 0 spiro atoms. The molecule has 2 rings (SSSR count). The number of rotatable bonds is 7. The molecule has 5 heteroatoms. The number of piperidine rings is 1. The minimum atomic E-state index is -0.334. The Bertz CT molecular complexity index is 637. The Labute approximate surface area is 163 Å². The summed E-state index contributed by atoms with van der Waals surface area (Å²) in [5.41, 5.74) is 0.939. The molecule has 1 aromatic rings. The molecule has 2 amide bonds. The van der Waals surface area contributed by atoms with Crippen LogP contribution < -0.4 is 10.1 Å². The van der Waals surface area contributed by atoms with Crippen molar-refractivity contribution in [2.24, 2.45) is 5.92 Å². The molecule has 1 saturated heterocycles. The van der Waals surface area contributed by atoms with Gasteiger partial charge in [0, 0.05) is 25.4 Å². The van der Waals surface area contributed by atoms with Crippen molar-refractivity contribution in [1.29, 1.82) is 0 Å². The number of ether oxygens (including phenoxy) is 1. The van der Waals surface area contributed by atoms with Gasteiger partial charge in [-0.2, -0.15) is 0 Å². The first-order valence-electron chi connectivity index (χ1n) is 9.99. The highest BCUT2D eigenvalue weighted by Gasteiger charge is 2.31. The third-order valence-electron chi connectivity index (χ3n) is 5.13. The molecule has 1 heterocycles. The van der Waals surface area contributed by atoms with E-state index in [0.29, 0.717) is 25.6 Å². The first-order chi connectivity index (χ1) is 12.7. The maximum absolute atomic E-state index is 12.7. The largest absolute Gasteiger partial charge is 0.493 e. The standard InChI is InChI=1S/C22H34N2O3/c1-16(2)14-27-19-11-9-18(10-12-19)22(4,5)15-23-21(26)20-8-6-7-13-24(20)17(3)25/h9-12,16,20H,6-8,13-15H2,1-5H3,(H,23,26). The molecule has 1 atom stereocenters. The number of nitrogens with one attached hydrogen (secondary N) is 1. The van der Waals surface area contributed by atoms with Gasteiger partial charge in [0.25, 0.3) is 0 Å². The molecule has 1 aliphatic rings. The van der Waals surface area contributed by atoms with Gasteiger partial charge in [0.05, 0.1) is 6.61 Å². The molecule has 1 fully saturated rings. The van der Waals surface area contributed by atoms with Crippen molar-refractivity contribution in [2.45, 2.75) is 65.3 Å². The van der Waals surface area contributed by atoms with Gasteiger partial charge in [-0.15, -0.1) is 0 Å². The first kappa shape index (κ1) is 21.3. The van der Waals surface area contributed by atoms with E-state index in [1.54, 1.807) is 11.8 Å². The quantitative estimate of drug-likeness (QED) is 0.794. The van der Waals surface area contributed by atoms with Gasteiger partial charge in [0.15, 0.2) is 0 Å². The number of amides is 2. The van der Waals surface area contributed by atoms with Gasteiger partial charge in [-0.25, -0.2) is 0 Å². The Morgan fingerprint density at radius 1 is 1.22 bits per heavy atom. The molecule has 5 nitrogen and oxygen atoms in total. The normalized spacial score (nSPS) is 17.7. The van der Waals surface area contributed by atoms with Crippen LogP contribution in [0.1, 0.15) is 59.4 Å². The highest BCUT2D eigenvalue weighted by Crippen LogP contribution is 2.25. The Hall–Kier alpha value is -2.04. The van der Waals surface area contributed by atoms with Crippen molar-refractivity contribution in [3.8, 4) is 5.75 Å². The van der Waals surface area contributed by atoms with E-state index in [1.807, 2.05) is 12.1 Å². The zero-order valence-corrected chi connectivity index (χ0v) is 17.4. The molecule has 0 bridgehead atoms.